The number of benzene rings is 1. The van der Waals surface area contributed by atoms with Crippen molar-refractivity contribution >= 4 is 6.03 Å². The molecule has 22 heavy (non-hydrogen) atoms. The second-order valence-electron chi connectivity index (χ2n) is 6.27. The molecule has 1 aliphatic carbocycles. The van der Waals surface area contributed by atoms with Gasteiger partial charge in [-0.05, 0) is 30.5 Å². The van der Waals surface area contributed by atoms with Crippen LogP contribution in [0.3, 0.4) is 0 Å². The van der Waals surface area contributed by atoms with Crippen LogP contribution >= 0.6 is 0 Å². The number of fused-ring (bicyclic) bond motifs is 1. The van der Waals surface area contributed by atoms with Crippen molar-refractivity contribution in [3.05, 3.63) is 35.4 Å². The molecule has 5 nitrogen and oxygen atoms in total. The molecule has 120 valence electrons. The van der Waals surface area contributed by atoms with Gasteiger partial charge in [0.05, 0.1) is 12.1 Å². The summed E-state index contributed by atoms with van der Waals surface area (Å²) in [6, 6.07) is 7.67. The highest BCUT2D eigenvalue weighted by Crippen LogP contribution is 2.31. The lowest BCUT2D eigenvalue weighted by atomic mass is 10.1. The maximum atomic E-state index is 12.2. The fraction of sp³-hybridized carbons (Fsp3) is 0.588. The number of nitrogens with one attached hydrogen (secondary N) is 2. The van der Waals surface area contributed by atoms with Gasteiger partial charge < -0.3 is 20.6 Å². The van der Waals surface area contributed by atoms with Gasteiger partial charge >= 0.3 is 6.03 Å². The molecule has 2 amide bonds. The van der Waals surface area contributed by atoms with E-state index in [0.717, 1.165) is 43.6 Å². The van der Waals surface area contributed by atoms with E-state index in [1.807, 2.05) is 24.3 Å². The Hall–Kier alpha value is -1.59. The Bertz CT molecular complexity index is 526. The number of hydrogen-bond donors (Lipinski definition) is 3. The van der Waals surface area contributed by atoms with E-state index < -0.39 is 6.10 Å². The van der Waals surface area contributed by atoms with Gasteiger partial charge in [-0.2, -0.15) is 0 Å². The van der Waals surface area contributed by atoms with Crippen molar-refractivity contribution in [2.75, 3.05) is 19.6 Å². The van der Waals surface area contributed by atoms with Crippen molar-refractivity contribution in [3.63, 3.8) is 0 Å². The number of aliphatic hydroxyl groups excluding tert-OH is 1. The van der Waals surface area contributed by atoms with Crippen LogP contribution in [0.5, 0.6) is 0 Å². The molecule has 0 saturated carbocycles. The lowest BCUT2D eigenvalue weighted by Crippen LogP contribution is -2.49. The second kappa shape index (κ2) is 6.67. The van der Waals surface area contributed by atoms with Crippen LogP contribution in [0.25, 0.3) is 0 Å². The molecule has 2 unspecified atom stereocenters. The van der Waals surface area contributed by atoms with Gasteiger partial charge in [0.25, 0.3) is 0 Å². The number of aliphatic hydroxyl groups is 1. The van der Waals surface area contributed by atoms with Crippen molar-refractivity contribution in [2.24, 2.45) is 0 Å². The van der Waals surface area contributed by atoms with Crippen molar-refractivity contribution in [1.29, 1.82) is 0 Å². The predicted octanol–water partition coefficient (Wildman–Crippen LogP) is 1.43. The first-order valence-corrected chi connectivity index (χ1v) is 8.22. The van der Waals surface area contributed by atoms with Gasteiger partial charge in [-0.3, -0.25) is 0 Å². The van der Waals surface area contributed by atoms with Gasteiger partial charge in [-0.1, -0.05) is 31.2 Å². The quantitative estimate of drug-likeness (QED) is 0.791. The summed E-state index contributed by atoms with van der Waals surface area (Å²) in [5.74, 6) is 0. The average molecular weight is 303 g/mol. The first-order valence-electron chi connectivity index (χ1n) is 8.22. The Morgan fingerprint density at radius 3 is 2.73 bits per heavy atom. The number of likely N-dealkylation sites (tertiary alicyclic amines) is 1. The fourth-order valence-electron chi connectivity index (χ4n) is 3.51. The number of piperidine rings is 1. The number of urea groups is 1. The number of nitrogens with zero attached hydrogens (tertiary/aromatic N) is 1. The lowest BCUT2D eigenvalue weighted by Gasteiger charge is -2.31. The van der Waals surface area contributed by atoms with Crippen molar-refractivity contribution < 1.29 is 9.90 Å². The minimum absolute atomic E-state index is 0.171. The first-order chi connectivity index (χ1) is 10.7. The monoisotopic (exact) mass is 303 g/mol. The molecule has 3 rings (SSSR count). The molecule has 0 spiro atoms. The standard InChI is InChI=1S/C17H25N3O2/c1-2-20-9-7-13(8-10-20)18-17(22)19-16-14-6-4-3-5-12(14)11-15(16)21/h3-6,13,15-16,21H,2,7-11H2,1H3,(H2,18,19,22). The average Bonchev–Trinajstić information content (AvgIpc) is 2.84. The number of carbonyl (C=O) groups excluding carboxylic acids is 1. The van der Waals surface area contributed by atoms with Gasteiger partial charge in [0, 0.05) is 25.6 Å². The van der Waals surface area contributed by atoms with E-state index in [0.29, 0.717) is 6.42 Å². The van der Waals surface area contributed by atoms with Crippen LogP contribution in [0.2, 0.25) is 0 Å². The summed E-state index contributed by atoms with van der Waals surface area (Å²) >= 11 is 0. The summed E-state index contributed by atoms with van der Waals surface area (Å²) < 4.78 is 0. The number of amides is 2. The van der Waals surface area contributed by atoms with Gasteiger partial charge in [-0.25, -0.2) is 4.79 Å². The molecular formula is C17H25N3O2. The molecule has 1 aromatic carbocycles. The molecule has 0 bridgehead atoms. The van der Waals surface area contributed by atoms with Crippen molar-refractivity contribution in [1.82, 2.24) is 15.5 Å². The van der Waals surface area contributed by atoms with E-state index >= 15 is 0 Å². The third-order valence-corrected chi connectivity index (χ3v) is 4.86. The predicted molar refractivity (Wildman–Crippen MR) is 85.7 cm³/mol. The summed E-state index contributed by atoms with van der Waals surface area (Å²) in [5, 5.41) is 16.2. The van der Waals surface area contributed by atoms with E-state index in [4.69, 9.17) is 0 Å². The topological polar surface area (TPSA) is 64.6 Å². The van der Waals surface area contributed by atoms with E-state index in [1.54, 1.807) is 0 Å². The lowest BCUT2D eigenvalue weighted by molar-refractivity contribution is 0.140. The van der Waals surface area contributed by atoms with E-state index in [2.05, 4.69) is 22.5 Å². The van der Waals surface area contributed by atoms with Crippen molar-refractivity contribution in [3.8, 4) is 0 Å². The zero-order chi connectivity index (χ0) is 15.5. The van der Waals surface area contributed by atoms with E-state index in [-0.39, 0.29) is 18.1 Å². The smallest absolute Gasteiger partial charge is 0.315 e. The van der Waals surface area contributed by atoms with Crippen LogP contribution in [-0.2, 0) is 6.42 Å². The van der Waals surface area contributed by atoms with E-state index in [1.165, 1.54) is 0 Å². The third-order valence-electron chi connectivity index (χ3n) is 4.86. The molecule has 1 aromatic rings. The van der Waals surface area contributed by atoms with Crippen LogP contribution in [0.1, 0.15) is 36.9 Å². The molecular weight excluding hydrogens is 278 g/mol. The van der Waals surface area contributed by atoms with Crippen LogP contribution in [0, 0.1) is 0 Å². The Labute approximate surface area is 131 Å². The molecule has 0 radical (unpaired) electrons. The highest BCUT2D eigenvalue weighted by Gasteiger charge is 2.32. The first kappa shape index (κ1) is 15.3. The van der Waals surface area contributed by atoms with Crippen LogP contribution in [0.4, 0.5) is 4.79 Å². The Morgan fingerprint density at radius 2 is 2.00 bits per heavy atom. The fourth-order valence-corrected chi connectivity index (χ4v) is 3.51. The molecule has 1 heterocycles. The summed E-state index contributed by atoms with van der Waals surface area (Å²) in [6.07, 6.45) is 2.05. The van der Waals surface area contributed by atoms with Gasteiger partial charge in [0.15, 0.2) is 0 Å². The summed E-state index contributed by atoms with van der Waals surface area (Å²) in [4.78, 5) is 14.6. The molecule has 0 aromatic heterocycles. The summed E-state index contributed by atoms with van der Waals surface area (Å²) in [7, 11) is 0. The highest BCUT2D eigenvalue weighted by molar-refractivity contribution is 5.75. The van der Waals surface area contributed by atoms with Crippen molar-refractivity contribution in [2.45, 2.75) is 44.4 Å². The van der Waals surface area contributed by atoms with Gasteiger partial charge in [-0.15, -0.1) is 0 Å². The summed E-state index contributed by atoms with van der Waals surface area (Å²) in [5.41, 5.74) is 2.16. The van der Waals surface area contributed by atoms with E-state index in [9.17, 15) is 9.90 Å². The van der Waals surface area contributed by atoms with Crippen LogP contribution in [-0.4, -0.2) is 47.8 Å². The molecule has 5 heteroatoms. The SMILES string of the molecule is CCN1CCC(NC(=O)NC2c3ccccc3CC2O)CC1. The molecule has 1 aliphatic heterocycles. The van der Waals surface area contributed by atoms with Crippen LogP contribution < -0.4 is 10.6 Å². The number of rotatable bonds is 3. The maximum Gasteiger partial charge on any atom is 0.315 e. The number of carbonyl (C=O) groups is 1. The Balaban J connectivity index is 1.54. The van der Waals surface area contributed by atoms with Gasteiger partial charge in [0.2, 0.25) is 0 Å². The Morgan fingerprint density at radius 1 is 1.27 bits per heavy atom. The summed E-state index contributed by atoms with van der Waals surface area (Å²) in [6.45, 7) is 5.32. The third kappa shape index (κ3) is 3.25. The molecule has 1 fully saturated rings. The normalized spacial score (nSPS) is 25.7. The molecule has 2 atom stereocenters. The largest absolute Gasteiger partial charge is 0.390 e. The molecule has 3 N–H and O–H groups in total. The zero-order valence-electron chi connectivity index (χ0n) is 13.1. The number of hydrogen-bond acceptors (Lipinski definition) is 3. The minimum atomic E-state index is -0.537. The Kier molecular flexibility index (Phi) is 4.64. The minimum Gasteiger partial charge on any atom is -0.390 e. The molecule has 2 aliphatic rings. The second-order valence-corrected chi connectivity index (χ2v) is 6.27. The van der Waals surface area contributed by atoms with Crippen LogP contribution in [0.15, 0.2) is 24.3 Å². The van der Waals surface area contributed by atoms with Gasteiger partial charge in [0.1, 0.15) is 0 Å². The highest BCUT2D eigenvalue weighted by atomic mass is 16.3. The zero-order valence-corrected chi connectivity index (χ0v) is 13.1. The maximum absolute atomic E-state index is 12.2. The molecule has 1 saturated heterocycles.